The summed E-state index contributed by atoms with van der Waals surface area (Å²) in [5, 5.41) is 0.488. The minimum absolute atomic E-state index is 0.0112. The molecule has 1 saturated heterocycles. The van der Waals surface area contributed by atoms with Crippen LogP contribution in [0.1, 0.15) is 46.8 Å². The molecule has 2 aromatic carbocycles. The first-order valence-corrected chi connectivity index (χ1v) is 14.1. The van der Waals surface area contributed by atoms with Gasteiger partial charge in [-0.2, -0.15) is 26.3 Å². The lowest BCUT2D eigenvalue weighted by Gasteiger charge is -2.55. The fourth-order valence-corrected chi connectivity index (χ4v) is 6.02. The Morgan fingerprint density at radius 1 is 1.02 bits per heavy atom. The second-order valence-corrected chi connectivity index (χ2v) is 11.9. The van der Waals surface area contributed by atoms with Crippen molar-refractivity contribution in [1.82, 2.24) is 9.80 Å². The van der Waals surface area contributed by atoms with Crippen LogP contribution < -0.4 is 5.73 Å². The van der Waals surface area contributed by atoms with Crippen molar-refractivity contribution < 1.29 is 31.1 Å². The van der Waals surface area contributed by atoms with Crippen LogP contribution in [-0.2, 0) is 17.9 Å². The monoisotopic (exact) mass is 633 g/mol. The Morgan fingerprint density at radius 2 is 1.64 bits per heavy atom. The van der Waals surface area contributed by atoms with Crippen LogP contribution >= 0.6 is 23.2 Å². The van der Waals surface area contributed by atoms with Crippen LogP contribution in [0.5, 0.6) is 0 Å². The maximum absolute atomic E-state index is 13.7. The molecule has 1 fully saturated rings. The predicted octanol–water partition coefficient (Wildman–Crippen LogP) is 7.80. The standard InChI is InChI=1S/C30H31Cl2F6N3O/c1-18(23-5-3-4-6-26(23)39)9-11-40(2)17-28(20-7-8-24(31)25(32)16-20)10-12-41(28)27(42)19-13-21(29(33,34)35)15-22(14-19)30(36,37)38/h3-8,13-16,18,23,26H,9-12,17,39H2,1-2H3. The highest BCUT2D eigenvalue weighted by Crippen LogP contribution is 2.45. The number of nitrogens with zero attached hydrogens (tertiary/aromatic N) is 2. The number of allylic oxidation sites excluding steroid dienone is 2. The normalized spacial score (nSPS) is 23.3. The number of benzene rings is 2. The van der Waals surface area contributed by atoms with Crippen molar-refractivity contribution >= 4 is 29.1 Å². The van der Waals surface area contributed by atoms with Crippen LogP contribution in [0.15, 0.2) is 60.7 Å². The Hall–Kier alpha value is -2.53. The van der Waals surface area contributed by atoms with Crippen molar-refractivity contribution in [2.75, 3.05) is 26.7 Å². The van der Waals surface area contributed by atoms with E-state index in [0.29, 0.717) is 30.7 Å². The number of likely N-dealkylation sites (tertiary alicyclic amines) is 1. The van der Waals surface area contributed by atoms with Crippen LogP contribution in [0, 0.1) is 11.8 Å². The smallest absolute Gasteiger partial charge is 0.327 e. The lowest BCUT2D eigenvalue weighted by atomic mass is 9.76. The molecule has 4 nitrogen and oxygen atoms in total. The SMILES string of the molecule is CC(CCN(C)CC1(c2ccc(Cl)c(Cl)c2)CCN1C(=O)c1cc(C(F)(F)F)cc(C(F)(F)F)c1)C1C=CC=CC1N. The molecular weight excluding hydrogens is 603 g/mol. The fraction of sp³-hybridized carbons (Fsp3) is 0.433. The zero-order chi connectivity index (χ0) is 31.0. The largest absolute Gasteiger partial charge is 0.416 e. The second kappa shape index (κ2) is 12.2. The third kappa shape index (κ3) is 6.82. The summed E-state index contributed by atoms with van der Waals surface area (Å²) in [4.78, 5) is 17.0. The van der Waals surface area contributed by atoms with Crippen molar-refractivity contribution in [2.45, 2.75) is 43.7 Å². The first-order valence-electron chi connectivity index (χ1n) is 13.4. The molecule has 2 N–H and O–H groups in total. The first kappa shape index (κ1) is 32.4. The third-order valence-corrected chi connectivity index (χ3v) is 8.92. The van der Waals surface area contributed by atoms with Gasteiger partial charge in [0.15, 0.2) is 0 Å². The molecule has 0 bridgehead atoms. The summed E-state index contributed by atoms with van der Waals surface area (Å²) in [5.74, 6) is -0.552. The molecule has 0 spiro atoms. The quantitative estimate of drug-likeness (QED) is 0.302. The minimum Gasteiger partial charge on any atom is -0.327 e. The highest BCUT2D eigenvalue weighted by molar-refractivity contribution is 6.42. The number of nitrogens with two attached hydrogens (primary N) is 1. The zero-order valence-electron chi connectivity index (χ0n) is 22.9. The van der Waals surface area contributed by atoms with Gasteiger partial charge in [0.25, 0.3) is 5.91 Å². The molecule has 228 valence electrons. The number of likely N-dealkylation sites (N-methyl/N-ethyl adjacent to an activating group) is 1. The Bertz CT molecular complexity index is 1340. The van der Waals surface area contributed by atoms with E-state index in [9.17, 15) is 31.1 Å². The Kier molecular flexibility index (Phi) is 9.43. The highest BCUT2D eigenvalue weighted by Gasteiger charge is 2.50. The van der Waals surface area contributed by atoms with E-state index < -0.39 is 40.5 Å². The van der Waals surface area contributed by atoms with Crippen molar-refractivity contribution in [2.24, 2.45) is 17.6 Å². The number of carbonyl (C=O) groups is 1. The molecule has 4 rings (SSSR count). The van der Waals surface area contributed by atoms with Gasteiger partial charge in [0.05, 0.1) is 26.7 Å². The van der Waals surface area contributed by atoms with Gasteiger partial charge in [-0.3, -0.25) is 4.79 Å². The average molecular weight is 634 g/mol. The number of carbonyl (C=O) groups excluding carboxylic acids is 1. The zero-order valence-corrected chi connectivity index (χ0v) is 24.5. The molecular formula is C30H31Cl2F6N3O. The minimum atomic E-state index is -5.07. The van der Waals surface area contributed by atoms with Gasteiger partial charge in [0.2, 0.25) is 0 Å². The van der Waals surface area contributed by atoms with Gasteiger partial charge in [-0.05, 0) is 74.2 Å². The summed E-state index contributed by atoms with van der Waals surface area (Å²) in [5.41, 5.74) is 1.99. The van der Waals surface area contributed by atoms with E-state index in [1.165, 1.54) is 4.90 Å². The lowest BCUT2D eigenvalue weighted by Crippen LogP contribution is -2.64. The lowest BCUT2D eigenvalue weighted by molar-refractivity contribution is -0.143. The molecule has 1 aliphatic heterocycles. The molecule has 0 saturated carbocycles. The van der Waals surface area contributed by atoms with E-state index in [4.69, 9.17) is 28.9 Å². The van der Waals surface area contributed by atoms with E-state index in [1.807, 2.05) is 30.2 Å². The molecule has 4 atom stereocenters. The number of amides is 1. The van der Waals surface area contributed by atoms with Gasteiger partial charge in [0.1, 0.15) is 0 Å². The van der Waals surface area contributed by atoms with E-state index in [-0.39, 0.29) is 47.1 Å². The maximum atomic E-state index is 13.7. The average Bonchev–Trinajstić information content (AvgIpc) is 2.90. The molecule has 1 aliphatic carbocycles. The van der Waals surface area contributed by atoms with Gasteiger partial charge >= 0.3 is 12.4 Å². The number of rotatable bonds is 8. The fourth-order valence-electron chi connectivity index (χ4n) is 5.72. The van der Waals surface area contributed by atoms with Crippen molar-refractivity contribution in [3.8, 4) is 0 Å². The van der Waals surface area contributed by atoms with E-state index in [0.717, 1.165) is 6.42 Å². The topological polar surface area (TPSA) is 49.6 Å². The molecule has 42 heavy (non-hydrogen) atoms. The summed E-state index contributed by atoms with van der Waals surface area (Å²) in [7, 11) is 1.86. The second-order valence-electron chi connectivity index (χ2n) is 11.1. The molecule has 2 aromatic rings. The van der Waals surface area contributed by atoms with Crippen LogP contribution in [-0.4, -0.2) is 48.4 Å². The van der Waals surface area contributed by atoms with Crippen LogP contribution in [0.25, 0.3) is 0 Å². The van der Waals surface area contributed by atoms with Crippen LogP contribution in [0.2, 0.25) is 10.0 Å². The molecule has 1 amide bonds. The van der Waals surface area contributed by atoms with Gasteiger partial charge in [-0.1, -0.05) is 60.5 Å². The molecule has 2 aliphatic rings. The number of halogens is 8. The molecule has 0 aromatic heterocycles. The van der Waals surface area contributed by atoms with Gasteiger partial charge in [-0.15, -0.1) is 0 Å². The number of hydrogen-bond donors (Lipinski definition) is 1. The Morgan fingerprint density at radius 3 is 2.17 bits per heavy atom. The maximum Gasteiger partial charge on any atom is 0.416 e. The molecule has 0 radical (unpaired) electrons. The summed E-state index contributed by atoms with van der Waals surface area (Å²) < 4.78 is 81.2. The van der Waals surface area contributed by atoms with Gasteiger partial charge in [-0.25, -0.2) is 0 Å². The van der Waals surface area contributed by atoms with E-state index >= 15 is 0 Å². The molecule has 12 heteroatoms. The van der Waals surface area contributed by atoms with E-state index in [1.54, 1.807) is 18.2 Å². The Labute approximate surface area is 250 Å². The Balaban J connectivity index is 1.65. The summed E-state index contributed by atoms with van der Waals surface area (Å²) in [6, 6.07) is 5.66. The first-order chi connectivity index (χ1) is 19.5. The highest BCUT2D eigenvalue weighted by atomic mass is 35.5. The molecule has 4 unspecified atom stereocenters. The van der Waals surface area contributed by atoms with Crippen LogP contribution in [0.3, 0.4) is 0 Å². The summed E-state index contributed by atoms with van der Waals surface area (Å²) in [6.07, 6.45) is -1.08. The summed E-state index contributed by atoms with van der Waals surface area (Å²) >= 11 is 12.4. The third-order valence-electron chi connectivity index (χ3n) is 8.18. The van der Waals surface area contributed by atoms with Crippen molar-refractivity contribution in [3.05, 3.63) is 93.0 Å². The summed E-state index contributed by atoms with van der Waals surface area (Å²) in [6.45, 7) is 3.10. The van der Waals surface area contributed by atoms with Gasteiger partial charge < -0.3 is 15.5 Å². The van der Waals surface area contributed by atoms with E-state index in [2.05, 4.69) is 13.0 Å². The van der Waals surface area contributed by atoms with Gasteiger partial charge in [0, 0.05) is 24.7 Å². The number of hydrogen-bond acceptors (Lipinski definition) is 3. The van der Waals surface area contributed by atoms with Crippen molar-refractivity contribution in [3.63, 3.8) is 0 Å². The van der Waals surface area contributed by atoms with Crippen LogP contribution in [0.4, 0.5) is 26.3 Å². The van der Waals surface area contributed by atoms with Crippen molar-refractivity contribution in [1.29, 1.82) is 0 Å². The predicted molar refractivity (Wildman–Crippen MR) is 151 cm³/mol. The molecule has 1 heterocycles. The number of alkyl halides is 6.